The lowest BCUT2D eigenvalue weighted by atomic mass is 10.1. The van der Waals surface area contributed by atoms with Crippen LogP contribution in [0.2, 0.25) is 0 Å². The molecular formula is C15H21N3O3S. The Morgan fingerprint density at radius 1 is 1.45 bits per heavy atom. The van der Waals surface area contributed by atoms with E-state index in [2.05, 4.69) is 5.32 Å². The Hall–Kier alpha value is -1.60. The fourth-order valence-corrected chi connectivity index (χ4v) is 3.82. The molecule has 1 aliphatic heterocycles. The van der Waals surface area contributed by atoms with Gasteiger partial charge in [-0.15, -0.1) is 0 Å². The molecule has 2 aliphatic rings. The summed E-state index contributed by atoms with van der Waals surface area (Å²) in [6.07, 6.45) is 4.13. The lowest BCUT2D eigenvalue weighted by molar-refractivity contribution is 0.0950. The van der Waals surface area contributed by atoms with Gasteiger partial charge in [0.05, 0.1) is 11.9 Å². The van der Waals surface area contributed by atoms with E-state index in [9.17, 15) is 13.2 Å². The molecule has 0 saturated heterocycles. The molecule has 1 unspecified atom stereocenters. The van der Waals surface area contributed by atoms with Gasteiger partial charge in [0.15, 0.2) is 0 Å². The highest BCUT2D eigenvalue weighted by Crippen LogP contribution is 2.32. The summed E-state index contributed by atoms with van der Waals surface area (Å²) in [7, 11) is -3.26. The number of amides is 1. The zero-order valence-corrected chi connectivity index (χ0v) is 13.4. The van der Waals surface area contributed by atoms with Crippen molar-refractivity contribution in [3.05, 3.63) is 29.3 Å². The topological polar surface area (TPSA) is 92.5 Å². The maximum Gasteiger partial charge on any atom is 0.251 e. The molecule has 1 aromatic carbocycles. The number of carbonyl (C=O) groups is 1. The van der Waals surface area contributed by atoms with E-state index in [0.29, 0.717) is 36.7 Å². The summed E-state index contributed by atoms with van der Waals surface area (Å²) >= 11 is 0. The van der Waals surface area contributed by atoms with Crippen LogP contribution in [0.25, 0.3) is 0 Å². The maximum atomic E-state index is 12.2. The molecule has 22 heavy (non-hydrogen) atoms. The van der Waals surface area contributed by atoms with E-state index >= 15 is 0 Å². The number of anilines is 1. The van der Waals surface area contributed by atoms with Crippen molar-refractivity contribution in [2.45, 2.75) is 25.3 Å². The third kappa shape index (κ3) is 3.10. The van der Waals surface area contributed by atoms with E-state index in [1.54, 1.807) is 18.2 Å². The van der Waals surface area contributed by atoms with Crippen molar-refractivity contribution in [2.24, 2.45) is 11.7 Å². The van der Waals surface area contributed by atoms with E-state index in [1.165, 1.54) is 10.6 Å². The minimum absolute atomic E-state index is 0.0269. The standard InChI is InChI=1S/C15H21N3O3S/c1-22(20,21)18-7-6-11-8-12(4-5-14(11)18)15(19)17-9-13(16)10-2-3-10/h4-5,8,10,13H,2-3,6-7,9,16H2,1H3,(H,17,19). The Kier molecular flexibility index (Phi) is 3.86. The molecular weight excluding hydrogens is 302 g/mol. The van der Waals surface area contributed by atoms with E-state index in [-0.39, 0.29) is 11.9 Å². The quantitative estimate of drug-likeness (QED) is 0.824. The lowest BCUT2D eigenvalue weighted by Gasteiger charge is -2.16. The molecule has 3 N–H and O–H groups in total. The largest absolute Gasteiger partial charge is 0.350 e. The monoisotopic (exact) mass is 323 g/mol. The van der Waals surface area contributed by atoms with Gasteiger partial charge in [-0.05, 0) is 48.9 Å². The normalized spacial score (nSPS) is 18.9. The average Bonchev–Trinajstić information content (AvgIpc) is 3.21. The Morgan fingerprint density at radius 3 is 2.82 bits per heavy atom. The summed E-state index contributed by atoms with van der Waals surface area (Å²) in [4.78, 5) is 12.2. The van der Waals surface area contributed by atoms with Crippen LogP contribution in [0.4, 0.5) is 5.69 Å². The van der Waals surface area contributed by atoms with Crippen LogP contribution in [0.1, 0.15) is 28.8 Å². The van der Waals surface area contributed by atoms with Gasteiger partial charge in [-0.3, -0.25) is 9.10 Å². The highest BCUT2D eigenvalue weighted by Gasteiger charge is 2.29. The van der Waals surface area contributed by atoms with Gasteiger partial charge in [-0.2, -0.15) is 0 Å². The molecule has 1 aliphatic carbocycles. The summed E-state index contributed by atoms with van der Waals surface area (Å²) in [5.41, 5.74) is 8.09. The minimum atomic E-state index is -3.26. The highest BCUT2D eigenvalue weighted by molar-refractivity contribution is 7.92. The highest BCUT2D eigenvalue weighted by atomic mass is 32.2. The van der Waals surface area contributed by atoms with Crippen LogP contribution in [-0.2, 0) is 16.4 Å². The second-order valence-electron chi connectivity index (χ2n) is 6.14. The molecule has 1 aromatic rings. The van der Waals surface area contributed by atoms with E-state index < -0.39 is 10.0 Å². The number of sulfonamides is 1. The van der Waals surface area contributed by atoms with Crippen LogP contribution in [0.5, 0.6) is 0 Å². The first-order valence-corrected chi connectivity index (χ1v) is 9.35. The van der Waals surface area contributed by atoms with Gasteiger partial charge in [-0.1, -0.05) is 0 Å². The smallest absolute Gasteiger partial charge is 0.251 e. The number of nitrogens with two attached hydrogens (primary N) is 1. The van der Waals surface area contributed by atoms with Crippen LogP contribution in [0.15, 0.2) is 18.2 Å². The second kappa shape index (κ2) is 5.55. The predicted octanol–water partition coefficient (Wildman–Crippen LogP) is 0.476. The molecule has 1 saturated carbocycles. The van der Waals surface area contributed by atoms with Crippen molar-refractivity contribution < 1.29 is 13.2 Å². The van der Waals surface area contributed by atoms with Crippen LogP contribution < -0.4 is 15.4 Å². The molecule has 6 nitrogen and oxygen atoms in total. The molecule has 1 amide bonds. The van der Waals surface area contributed by atoms with Gasteiger partial charge in [0.2, 0.25) is 10.0 Å². The summed E-state index contributed by atoms with van der Waals surface area (Å²) in [6.45, 7) is 0.918. The van der Waals surface area contributed by atoms with Crippen molar-refractivity contribution in [3.8, 4) is 0 Å². The number of carbonyl (C=O) groups excluding carboxylic acids is 1. The molecule has 0 aromatic heterocycles. The van der Waals surface area contributed by atoms with Crippen molar-refractivity contribution in [3.63, 3.8) is 0 Å². The van der Waals surface area contributed by atoms with Gasteiger partial charge >= 0.3 is 0 Å². The number of hydrogen-bond acceptors (Lipinski definition) is 4. The van der Waals surface area contributed by atoms with Gasteiger partial charge in [-0.25, -0.2) is 8.42 Å². The summed E-state index contributed by atoms with van der Waals surface area (Å²) in [5, 5.41) is 2.86. The van der Waals surface area contributed by atoms with Crippen molar-refractivity contribution in [2.75, 3.05) is 23.7 Å². The van der Waals surface area contributed by atoms with E-state index in [0.717, 1.165) is 18.4 Å². The Bertz CT molecular complexity index is 698. The SMILES string of the molecule is CS(=O)(=O)N1CCc2cc(C(=O)NCC(N)C3CC3)ccc21. The number of nitrogens with zero attached hydrogens (tertiary/aromatic N) is 1. The fourth-order valence-electron chi connectivity index (χ4n) is 2.86. The molecule has 120 valence electrons. The Labute approximate surface area is 130 Å². The molecule has 1 fully saturated rings. The Balaban J connectivity index is 1.70. The second-order valence-corrected chi connectivity index (χ2v) is 8.05. The molecule has 0 radical (unpaired) electrons. The van der Waals surface area contributed by atoms with Crippen molar-refractivity contribution in [1.29, 1.82) is 0 Å². The number of hydrogen-bond donors (Lipinski definition) is 2. The van der Waals surface area contributed by atoms with Gasteiger partial charge in [0.1, 0.15) is 0 Å². The van der Waals surface area contributed by atoms with Crippen LogP contribution in [0.3, 0.4) is 0 Å². The molecule has 1 heterocycles. The zero-order valence-electron chi connectivity index (χ0n) is 12.6. The van der Waals surface area contributed by atoms with Crippen molar-refractivity contribution in [1.82, 2.24) is 5.32 Å². The zero-order chi connectivity index (χ0) is 15.9. The molecule has 1 atom stereocenters. The number of rotatable bonds is 5. The fraction of sp³-hybridized carbons (Fsp3) is 0.533. The number of nitrogens with one attached hydrogen (secondary N) is 1. The van der Waals surface area contributed by atoms with Gasteiger partial charge in [0.25, 0.3) is 5.91 Å². The molecule has 7 heteroatoms. The summed E-state index contributed by atoms with van der Waals surface area (Å²) in [6, 6.07) is 5.18. The lowest BCUT2D eigenvalue weighted by Crippen LogP contribution is -2.38. The summed E-state index contributed by atoms with van der Waals surface area (Å²) in [5.74, 6) is 0.389. The van der Waals surface area contributed by atoms with Crippen LogP contribution in [-0.4, -0.2) is 39.7 Å². The van der Waals surface area contributed by atoms with Crippen molar-refractivity contribution >= 4 is 21.6 Å². The minimum Gasteiger partial charge on any atom is -0.350 e. The summed E-state index contributed by atoms with van der Waals surface area (Å²) < 4.78 is 24.8. The van der Waals surface area contributed by atoms with Gasteiger partial charge in [0, 0.05) is 24.7 Å². The predicted molar refractivity (Wildman–Crippen MR) is 85.4 cm³/mol. The third-order valence-electron chi connectivity index (χ3n) is 4.32. The van der Waals surface area contributed by atoms with E-state index in [4.69, 9.17) is 5.73 Å². The first-order chi connectivity index (χ1) is 10.4. The maximum absolute atomic E-state index is 12.2. The van der Waals surface area contributed by atoms with E-state index in [1.807, 2.05) is 0 Å². The van der Waals surface area contributed by atoms with Gasteiger partial charge < -0.3 is 11.1 Å². The third-order valence-corrected chi connectivity index (χ3v) is 5.50. The first-order valence-electron chi connectivity index (χ1n) is 7.50. The molecule has 0 bridgehead atoms. The number of fused-ring (bicyclic) bond motifs is 1. The average molecular weight is 323 g/mol. The van der Waals surface area contributed by atoms with Crippen LogP contribution in [0, 0.1) is 5.92 Å². The number of benzene rings is 1. The Morgan fingerprint density at radius 2 is 2.18 bits per heavy atom. The molecule has 0 spiro atoms. The first kappa shape index (κ1) is 15.3. The van der Waals surface area contributed by atoms with Crippen LogP contribution >= 0.6 is 0 Å². The molecule has 3 rings (SSSR count).